The predicted molar refractivity (Wildman–Crippen MR) is 102 cm³/mol. The molecule has 0 fully saturated rings. The number of quaternary nitrogens is 1. The van der Waals surface area contributed by atoms with E-state index in [2.05, 4.69) is 0 Å². The number of hydrogen-bond donors (Lipinski definition) is 2. The molecule has 0 saturated carbocycles. The van der Waals surface area contributed by atoms with Crippen molar-refractivity contribution in [1.29, 1.82) is 0 Å². The van der Waals surface area contributed by atoms with E-state index in [1.165, 1.54) is 24.3 Å². The highest BCUT2D eigenvalue weighted by Gasteiger charge is 2.41. The zero-order valence-electron chi connectivity index (χ0n) is 16.4. The van der Waals surface area contributed by atoms with Crippen molar-refractivity contribution in [2.24, 2.45) is 0 Å². The Morgan fingerprint density at radius 2 is 1.72 bits per heavy atom. The Hall–Kier alpha value is -3.00. The summed E-state index contributed by atoms with van der Waals surface area (Å²) in [6.45, 7) is 3.71. The summed E-state index contributed by atoms with van der Waals surface area (Å²) in [5, 5.41) is 10.0. The van der Waals surface area contributed by atoms with E-state index in [1.807, 2.05) is 6.07 Å². The number of alkyl halides is 3. The van der Waals surface area contributed by atoms with Crippen molar-refractivity contribution in [3.05, 3.63) is 63.0 Å². The molecule has 0 radical (unpaired) electrons. The van der Waals surface area contributed by atoms with Crippen LogP contribution < -0.4 is 15.1 Å². The van der Waals surface area contributed by atoms with Gasteiger partial charge in [-0.05, 0) is 49.2 Å². The highest BCUT2D eigenvalue weighted by molar-refractivity contribution is 5.83. The van der Waals surface area contributed by atoms with E-state index in [0.717, 1.165) is 16.0 Å². The van der Waals surface area contributed by atoms with Crippen LogP contribution in [-0.4, -0.2) is 19.2 Å². The molecule has 1 aromatic heterocycles. The van der Waals surface area contributed by atoms with Gasteiger partial charge >= 0.3 is 6.18 Å². The minimum Gasteiger partial charge on any atom is -0.507 e. The van der Waals surface area contributed by atoms with E-state index >= 15 is 0 Å². The first-order valence-electron chi connectivity index (χ1n) is 8.91. The van der Waals surface area contributed by atoms with Gasteiger partial charge in [-0.2, -0.15) is 13.2 Å². The van der Waals surface area contributed by atoms with E-state index in [-0.39, 0.29) is 34.6 Å². The SMILES string of the molecule is Cc1cc(C)cc(Oc2c(C(F)(F)F)oc3c(C[NH+](C)C)c(O)ccc3c2=O)c1. The molecule has 154 valence electrons. The Labute approximate surface area is 164 Å². The fourth-order valence-electron chi connectivity index (χ4n) is 3.20. The number of rotatable bonds is 4. The van der Waals surface area contributed by atoms with Crippen LogP contribution in [0.1, 0.15) is 22.5 Å². The van der Waals surface area contributed by atoms with Gasteiger partial charge in [0.05, 0.1) is 25.0 Å². The van der Waals surface area contributed by atoms with Crippen molar-refractivity contribution in [2.45, 2.75) is 26.6 Å². The Balaban J connectivity index is 2.31. The first kappa shape index (κ1) is 20.7. The normalized spacial score (nSPS) is 12.0. The topological polar surface area (TPSA) is 64.1 Å². The van der Waals surface area contributed by atoms with Crippen LogP contribution in [0.3, 0.4) is 0 Å². The molecule has 0 bridgehead atoms. The maximum absolute atomic E-state index is 13.7. The Morgan fingerprint density at radius 3 is 2.28 bits per heavy atom. The molecule has 1 heterocycles. The number of halogens is 3. The zero-order chi connectivity index (χ0) is 21.5. The van der Waals surface area contributed by atoms with E-state index < -0.39 is 23.1 Å². The highest BCUT2D eigenvalue weighted by Crippen LogP contribution is 2.39. The average Bonchev–Trinajstić information content (AvgIpc) is 2.57. The number of ether oxygens (including phenoxy) is 1. The number of fused-ring (bicyclic) bond motifs is 1. The second kappa shape index (κ2) is 7.44. The van der Waals surface area contributed by atoms with Gasteiger partial charge in [0.15, 0.2) is 5.58 Å². The number of hydrogen-bond acceptors (Lipinski definition) is 4. The fraction of sp³-hybridized carbons (Fsp3) is 0.286. The fourth-order valence-corrected chi connectivity index (χ4v) is 3.20. The Kier molecular flexibility index (Phi) is 5.32. The molecule has 0 spiro atoms. The smallest absolute Gasteiger partial charge is 0.453 e. The molecule has 0 unspecified atom stereocenters. The summed E-state index contributed by atoms with van der Waals surface area (Å²) in [6, 6.07) is 7.41. The second-order valence-corrected chi connectivity index (χ2v) is 7.34. The standard InChI is InChI=1S/C21H20F3NO4/c1-11-7-12(2)9-13(8-11)28-19-17(27)14-5-6-16(26)15(10-25(3)4)18(14)29-20(19)21(22,23)24/h5-9,26H,10H2,1-4H3/p+1. The highest BCUT2D eigenvalue weighted by atomic mass is 19.4. The molecule has 29 heavy (non-hydrogen) atoms. The van der Waals surface area contributed by atoms with Crippen LogP contribution in [0.4, 0.5) is 13.2 Å². The maximum Gasteiger partial charge on any atom is 0.453 e. The van der Waals surface area contributed by atoms with Crippen LogP contribution >= 0.6 is 0 Å². The first-order chi connectivity index (χ1) is 13.5. The molecule has 5 nitrogen and oxygen atoms in total. The summed E-state index contributed by atoms with van der Waals surface area (Å²) >= 11 is 0. The number of aromatic hydroxyl groups is 1. The van der Waals surface area contributed by atoms with Crippen LogP contribution in [0, 0.1) is 13.8 Å². The van der Waals surface area contributed by atoms with Gasteiger partial charge in [0.1, 0.15) is 18.0 Å². The lowest BCUT2D eigenvalue weighted by molar-refractivity contribution is -0.872. The van der Waals surface area contributed by atoms with Crippen molar-refractivity contribution < 1.29 is 32.3 Å². The van der Waals surface area contributed by atoms with Crippen molar-refractivity contribution in [1.82, 2.24) is 0 Å². The largest absolute Gasteiger partial charge is 0.507 e. The Morgan fingerprint density at radius 1 is 1.10 bits per heavy atom. The molecule has 0 saturated heterocycles. The molecule has 3 rings (SSSR count). The lowest BCUT2D eigenvalue weighted by atomic mass is 10.1. The maximum atomic E-state index is 13.7. The summed E-state index contributed by atoms with van der Waals surface area (Å²) in [4.78, 5) is 13.8. The van der Waals surface area contributed by atoms with Crippen LogP contribution in [0.5, 0.6) is 17.2 Å². The zero-order valence-corrected chi connectivity index (χ0v) is 16.4. The van der Waals surface area contributed by atoms with Gasteiger partial charge < -0.3 is 19.2 Å². The van der Waals surface area contributed by atoms with Crippen LogP contribution in [-0.2, 0) is 12.7 Å². The van der Waals surface area contributed by atoms with Gasteiger partial charge in [-0.3, -0.25) is 4.79 Å². The summed E-state index contributed by atoms with van der Waals surface area (Å²) in [6.07, 6.45) is -4.96. The molecule has 0 aliphatic rings. The summed E-state index contributed by atoms with van der Waals surface area (Å²) in [7, 11) is 3.53. The van der Waals surface area contributed by atoms with Crippen LogP contribution in [0.25, 0.3) is 11.0 Å². The second-order valence-electron chi connectivity index (χ2n) is 7.34. The number of aryl methyl sites for hydroxylation is 2. The molecule has 2 aromatic carbocycles. The molecule has 0 aliphatic carbocycles. The van der Waals surface area contributed by atoms with E-state index in [4.69, 9.17) is 9.15 Å². The lowest BCUT2D eigenvalue weighted by Gasteiger charge is -2.16. The van der Waals surface area contributed by atoms with Gasteiger partial charge in [-0.15, -0.1) is 0 Å². The minimum atomic E-state index is -4.96. The average molecular weight is 408 g/mol. The summed E-state index contributed by atoms with van der Waals surface area (Å²) < 4.78 is 51.8. The lowest BCUT2D eigenvalue weighted by Crippen LogP contribution is -3.04. The predicted octanol–water partition coefficient (Wildman–Crippen LogP) is 3.57. The molecular formula is C21H21F3NO4+. The van der Waals surface area contributed by atoms with E-state index in [9.17, 15) is 23.1 Å². The van der Waals surface area contributed by atoms with Crippen molar-refractivity contribution in [3.63, 3.8) is 0 Å². The third kappa shape index (κ3) is 4.22. The van der Waals surface area contributed by atoms with Crippen molar-refractivity contribution >= 4 is 11.0 Å². The van der Waals surface area contributed by atoms with Crippen molar-refractivity contribution in [2.75, 3.05) is 14.1 Å². The molecule has 8 heteroatoms. The van der Waals surface area contributed by atoms with E-state index in [0.29, 0.717) is 0 Å². The first-order valence-corrected chi connectivity index (χ1v) is 8.91. The number of nitrogens with one attached hydrogen (secondary N) is 1. The summed E-state index contributed by atoms with van der Waals surface area (Å²) in [5.41, 5.74) is 0.437. The van der Waals surface area contributed by atoms with Crippen molar-refractivity contribution in [3.8, 4) is 17.2 Å². The number of benzene rings is 2. The third-order valence-electron chi connectivity index (χ3n) is 4.30. The molecular weight excluding hydrogens is 387 g/mol. The number of phenolic OH excluding ortho intramolecular Hbond substituents is 1. The van der Waals surface area contributed by atoms with E-state index in [1.54, 1.807) is 27.9 Å². The van der Waals surface area contributed by atoms with Gasteiger partial charge in [-0.1, -0.05) is 6.07 Å². The van der Waals surface area contributed by atoms with Gasteiger partial charge in [0.2, 0.25) is 11.2 Å². The van der Waals surface area contributed by atoms with Gasteiger partial charge in [0, 0.05) is 0 Å². The van der Waals surface area contributed by atoms with Crippen LogP contribution in [0.2, 0.25) is 0 Å². The minimum absolute atomic E-state index is 0.0913. The molecule has 3 aromatic rings. The molecule has 0 amide bonds. The monoisotopic (exact) mass is 408 g/mol. The quantitative estimate of drug-likeness (QED) is 0.693. The van der Waals surface area contributed by atoms with Crippen LogP contribution in [0.15, 0.2) is 39.5 Å². The third-order valence-corrected chi connectivity index (χ3v) is 4.30. The number of phenols is 1. The van der Waals surface area contributed by atoms with Gasteiger partial charge in [0.25, 0.3) is 5.76 Å². The Bertz CT molecular complexity index is 1110. The summed E-state index contributed by atoms with van der Waals surface area (Å²) in [5.74, 6) is -2.59. The molecule has 0 aliphatic heterocycles. The molecule has 2 N–H and O–H groups in total. The molecule has 0 atom stereocenters. The van der Waals surface area contributed by atoms with Gasteiger partial charge in [-0.25, -0.2) is 0 Å².